The van der Waals surface area contributed by atoms with Crippen LogP contribution in [0.5, 0.6) is 0 Å². The predicted molar refractivity (Wildman–Crippen MR) is 328 cm³/mol. The van der Waals surface area contributed by atoms with Crippen molar-refractivity contribution < 1.29 is 42.1 Å². The SMILES string of the molecule is CCCCCCCCCCCCCCCCCCc1cc2ccc3ccc(CCCCCCCCCC(=O)OC[C@H](COP(=O)([O-])OCC[N+](C)(C)C)OC(=O)CCCCCCCCCCCCCCC)c4ccc(c1)c2c34. The van der Waals surface area contributed by atoms with Gasteiger partial charge in [0.15, 0.2) is 6.10 Å². The summed E-state index contributed by atoms with van der Waals surface area (Å²) >= 11 is 0. The number of carbonyl (C=O) groups is 2. The van der Waals surface area contributed by atoms with Crippen LogP contribution in [0.25, 0.3) is 32.3 Å². The second kappa shape index (κ2) is 41.0. The zero-order valence-corrected chi connectivity index (χ0v) is 51.4. The molecule has 4 aromatic rings. The first-order valence-corrected chi connectivity index (χ1v) is 33.8. The van der Waals surface area contributed by atoms with Crippen LogP contribution in [0.1, 0.15) is 269 Å². The van der Waals surface area contributed by atoms with Crippen molar-refractivity contribution in [3.05, 3.63) is 59.7 Å². The Morgan fingerprint density at radius 2 is 0.885 bits per heavy atom. The van der Waals surface area contributed by atoms with E-state index in [0.717, 1.165) is 64.2 Å². The zero-order chi connectivity index (χ0) is 55.9. The van der Waals surface area contributed by atoms with Crippen LogP contribution in [-0.4, -0.2) is 70.0 Å². The van der Waals surface area contributed by atoms with E-state index in [1.807, 2.05) is 21.1 Å². The molecule has 9 nitrogen and oxygen atoms in total. The minimum absolute atomic E-state index is 0.0362. The summed E-state index contributed by atoms with van der Waals surface area (Å²) in [5.41, 5.74) is 2.91. The molecule has 0 fully saturated rings. The van der Waals surface area contributed by atoms with Crippen molar-refractivity contribution in [1.82, 2.24) is 0 Å². The molecule has 0 N–H and O–H groups in total. The Kier molecular flexibility index (Phi) is 35.4. The molecule has 1 unspecified atom stereocenters. The molecule has 10 heteroatoms. The third-order valence-corrected chi connectivity index (χ3v) is 17.0. The molecule has 0 spiro atoms. The highest BCUT2D eigenvalue weighted by Crippen LogP contribution is 2.39. The number of phosphoric acid groups is 1. The van der Waals surface area contributed by atoms with E-state index in [2.05, 4.69) is 62.4 Å². The molecule has 0 aliphatic rings. The highest BCUT2D eigenvalue weighted by atomic mass is 31.2. The number of quaternary nitrogens is 1. The third-order valence-electron chi connectivity index (χ3n) is 16.0. The molecule has 0 saturated heterocycles. The van der Waals surface area contributed by atoms with Crippen molar-refractivity contribution >= 4 is 52.1 Å². The summed E-state index contributed by atoms with van der Waals surface area (Å²) < 4.78 is 34.4. The van der Waals surface area contributed by atoms with Crippen molar-refractivity contribution in [1.29, 1.82) is 0 Å². The van der Waals surface area contributed by atoms with E-state index in [9.17, 15) is 19.0 Å². The summed E-state index contributed by atoms with van der Waals surface area (Å²) in [4.78, 5) is 38.2. The van der Waals surface area contributed by atoms with E-state index in [-0.39, 0.29) is 26.1 Å². The maximum Gasteiger partial charge on any atom is 0.306 e. The Morgan fingerprint density at radius 3 is 1.37 bits per heavy atom. The van der Waals surface area contributed by atoms with Gasteiger partial charge in [-0.2, -0.15) is 0 Å². The molecule has 4 aromatic carbocycles. The van der Waals surface area contributed by atoms with E-state index in [1.165, 1.54) is 210 Å². The first-order chi connectivity index (χ1) is 37.9. The maximum atomic E-state index is 12.8. The van der Waals surface area contributed by atoms with Gasteiger partial charge in [-0.1, -0.05) is 268 Å². The fourth-order valence-electron chi connectivity index (χ4n) is 11.2. The van der Waals surface area contributed by atoms with Crippen molar-refractivity contribution in [2.75, 3.05) is 47.5 Å². The maximum absolute atomic E-state index is 12.8. The van der Waals surface area contributed by atoms with Crippen LogP contribution in [0.3, 0.4) is 0 Å². The van der Waals surface area contributed by atoms with Gasteiger partial charge in [0.1, 0.15) is 19.8 Å². The lowest BCUT2D eigenvalue weighted by Gasteiger charge is -2.28. The van der Waals surface area contributed by atoms with Gasteiger partial charge in [-0.3, -0.25) is 14.2 Å². The van der Waals surface area contributed by atoms with Crippen LogP contribution in [0.2, 0.25) is 0 Å². The van der Waals surface area contributed by atoms with Crippen LogP contribution >= 0.6 is 7.82 Å². The van der Waals surface area contributed by atoms with Crippen molar-refractivity contribution in [3.63, 3.8) is 0 Å². The van der Waals surface area contributed by atoms with Crippen molar-refractivity contribution in [3.8, 4) is 0 Å². The Balaban J connectivity index is 1.09. The van der Waals surface area contributed by atoms with E-state index in [1.54, 1.807) is 0 Å². The largest absolute Gasteiger partial charge is 0.756 e. The molecule has 0 bridgehead atoms. The number of nitrogens with zero attached hydrogens (tertiary/aromatic N) is 1. The highest BCUT2D eigenvalue weighted by molar-refractivity contribution is 7.45. The van der Waals surface area contributed by atoms with Crippen LogP contribution < -0.4 is 4.89 Å². The quantitative estimate of drug-likeness (QED) is 0.0141. The number of carbonyl (C=O) groups excluding carboxylic acids is 2. The summed E-state index contributed by atoms with van der Waals surface area (Å²) in [6.45, 7) is 4.24. The Bertz CT molecular complexity index is 2200. The Hall–Kier alpha value is -3.07. The number of benzene rings is 4. The van der Waals surface area contributed by atoms with Crippen LogP contribution in [0.4, 0.5) is 0 Å². The summed E-state index contributed by atoms with van der Waals surface area (Å²) in [5, 5.41) is 8.32. The van der Waals surface area contributed by atoms with E-state index in [4.69, 9.17) is 18.5 Å². The molecule has 442 valence electrons. The molecule has 2 atom stereocenters. The van der Waals surface area contributed by atoms with E-state index < -0.39 is 32.5 Å². The van der Waals surface area contributed by atoms with Gasteiger partial charge >= 0.3 is 11.9 Å². The first-order valence-electron chi connectivity index (χ1n) is 32.3. The Labute approximate surface area is 476 Å². The molecule has 4 rings (SSSR count). The lowest BCUT2D eigenvalue weighted by Crippen LogP contribution is -2.37. The van der Waals surface area contributed by atoms with Gasteiger partial charge in [0.2, 0.25) is 0 Å². The lowest BCUT2D eigenvalue weighted by molar-refractivity contribution is -0.870. The standard InChI is InChI=1S/C68H112NO8P/c1-6-8-10-12-14-16-18-20-21-22-24-25-27-30-34-38-42-58-54-61-49-48-60-47-46-59(64-51-50-62(55-58)67(61)68(60)64)43-39-35-31-29-33-36-40-44-65(70)74-56-63(57-76-78(72,73)75-53-52-69(3,4)5)77-66(71)45-41-37-32-28-26-23-19-17-15-13-11-9-7-2/h46-51,54-55,63H,6-45,52-53,56-57H2,1-5H3/t63-/m1/s1. The molecule has 0 saturated carbocycles. The fourth-order valence-corrected chi connectivity index (χ4v) is 11.9. The molecular weight excluding hydrogens is 990 g/mol. The normalized spacial score (nSPS) is 13.3. The van der Waals surface area contributed by atoms with E-state index >= 15 is 0 Å². The molecule has 0 aromatic heterocycles. The number of esters is 2. The summed E-state index contributed by atoms with van der Waals surface area (Å²) in [6.07, 6.45) is 47.0. The van der Waals surface area contributed by atoms with Crippen LogP contribution in [0, 0.1) is 0 Å². The highest BCUT2D eigenvalue weighted by Gasteiger charge is 2.22. The van der Waals surface area contributed by atoms with Gasteiger partial charge in [0, 0.05) is 12.8 Å². The topological polar surface area (TPSA) is 111 Å². The number of rotatable bonds is 51. The molecule has 0 heterocycles. The Morgan fingerprint density at radius 1 is 0.474 bits per heavy atom. The molecule has 0 aliphatic heterocycles. The number of aryl methyl sites for hydroxylation is 2. The molecular formula is C68H112NO8P. The third kappa shape index (κ3) is 30.1. The number of unbranched alkanes of at least 4 members (excludes halogenated alkanes) is 33. The van der Waals surface area contributed by atoms with Crippen molar-refractivity contribution in [2.24, 2.45) is 0 Å². The second-order valence-electron chi connectivity index (χ2n) is 24.3. The minimum Gasteiger partial charge on any atom is -0.756 e. The zero-order valence-electron chi connectivity index (χ0n) is 50.5. The fraction of sp³-hybridized carbons (Fsp3) is 0.735. The van der Waals surface area contributed by atoms with Crippen molar-refractivity contribution in [2.45, 2.75) is 277 Å². The van der Waals surface area contributed by atoms with Gasteiger partial charge in [-0.05, 0) is 82.0 Å². The molecule has 78 heavy (non-hydrogen) atoms. The van der Waals surface area contributed by atoms with Gasteiger partial charge < -0.3 is 27.9 Å². The number of hydrogen-bond acceptors (Lipinski definition) is 8. The monoisotopic (exact) mass is 1100 g/mol. The molecule has 0 aliphatic carbocycles. The summed E-state index contributed by atoms with van der Waals surface area (Å²) in [7, 11) is 1.16. The molecule has 0 radical (unpaired) electrons. The van der Waals surface area contributed by atoms with Gasteiger partial charge in [0.25, 0.3) is 7.82 Å². The number of ether oxygens (including phenoxy) is 2. The average Bonchev–Trinajstić information content (AvgIpc) is 3.50. The average molecular weight is 1100 g/mol. The number of phosphoric ester groups is 1. The van der Waals surface area contributed by atoms with Gasteiger partial charge in [0.05, 0.1) is 27.7 Å². The molecule has 0 amide bonds. The number of hydrogen-bond donors (Lipinski definition) is 0. The minimum atomic E-state index is -4.65. The second-order valence-corrected chi connectivity index (χ2v) is 25.7. The first kappa shape index (κ1) is 67.4. The number of likely N-dealkylation sites (N-methyl/N-ethyl adjacent to an activating group) is 1. The summed E-state index contributed by atoms with van der Waals surface area (Å²) in [6, 6.07) is 19.0. The van der Waals surface area contributed by atoms with Crippen LogP contribution in [-0.2, 0) is 45.5 Å². The van der Waals surface area contributed by atoms with Crippen LogP contribution in [0.15, 0.2) is 48.5 Å². The smallest absolute Gasteiger partial charge is 0.306 e. The van der Waals surface area contributed by atoms with Gasteiger partial charge in [-0.25, -0.2) is 0 Å². The summed E-state index contributed by atoms with van der Waals surface area (Å²) in [5.74, 6) is -0.842. The van der Waals surface area contributed by atoms with Gasteiger partial charge in [-0.15, -0.1) is 0 Å². The predicted octanol–water partition coefficient (Wildman–Crippen LogP) is 19.2. The van der Waals surface area contributed by atoms with E-state index in [0.29, 0.717) is 23.9 Å². The lowest BCUT2D eigenvalue weighted by atomic mass is 9.89.